The monoisotopic (exact) mass is 341 g/mol. The number of amides is 1. The van der Waals surface area contributed by atoms with E-state index < -0.39 is 0 Å². The van der Waals surface area contributed by atoms with Crippen LogP contribution in [0.15, 0.2) is 5.38 Å². The Morgan fingerprint density at radius 1 is 1.40 bits per heavy atom. The average molecular weight is 342 g/mol. The van der Waals surface area contributed by atoms with Gasteiger partial charge in [-0.1, -0.05) is 27.7 Å². The SMILES string of the molecule is CCC(CC)(CN)NC(=O)c1csc(C(C)C)n1.Cl.Cl. The number of thiazole rings is 1. The number of nitrogens with two attached hydrogens (primary N) is 1. The largest absolute Gasteiger partial charge is 0.344 e. The molecule has 0 aromatic carbocycles. The van der Waals surface area contributed by atoms with Crippen molar-refractivity contribution in [1.82, 2.24) is 10.3 Å². The van der Waals surface area contributed by atoms with Gasteiger partial charge >= 0.3 is 0 Å². The molecule has 0 atom stereocenters. The number of aromatic nitrogens is 1. The lowest BCUT2D eigenvalue weighted by Gasteiger charge is -2.31. The van der Waals surface area contributed by atoms with E-state index in [0.29, 0.717) is 18.2 Å². The van der Waals surface area contributed by atoms with Crippen LogP contribution in [0.4, 0.5) is 0 Å². The van der Waals surface area contributed by atoms with E-state index in [1.54, 1.807) is 0 Å². The van der Waals surface area contributed by atoms with Gasteiger partial charge in [-0.3, -0.25) is 4.79 Å². The first-order valence-electron chi connectivity index (χ1n) is 6.46. The van der Waals surface area contributed by atoms with Gasteiger partial charge in [0, 0.05) is 17.8 Å². The smallest absolute Gasteiger partial charge is 0.271 e. The van der Waals surface area contributed by atoms with Gasteiger partial charge in [-0.15, -0.1) is 36.2 Å². The maximum absolute atomic E-state index is 12.2. The first-order valence-corrected chi connectivity index (χ1v) is 7.34. The molecule has 3 N–H and O–H groups in total. The Kier molecular flexibility index (Phi) is 10.5. The minimum absolute atomic E-state index is 0. The lowest BCUT2D eigenvalue weighted by molar-refractivity contribution is 0.0890. The number of nitrogens with one attached hydrogen (secondary N) is 1. The van der Waals surface area contributed by atoms with Crippen LogP contribution in [0.25, 0.3) is 0 Å². The molecule has 118 valence electrons. The van der Waals surface area contributed by atoms with Gasteiger partial charge in [-0.2, -0.15) is 0 Å². The van der Waals surface area contributed by atoms with Crippen LogP contribution in [-0.2, 0) is 0 Å². The highest BCUT2D eigenvalue weighted by Gasteiger charge is 2.27. The molecule has 1 aromatic rings. The van der Waals surface area contributed by atoms with E-state index >= 15 is 0 Å². The Labute approximate surface area is 137 Å². The van der Waals surface area contributed by atoms with Crippen LogP contribution < -0.4 is 11.1 Å². The molecule has 0 bridgehead atoms. The van der Waals surface area contributed by atoms with E-state index in [0.717, 1.165) is 17.8 Å². The summed E-state index contributed by atoms with van der Waals surface area (Å²) >= 11 is 1.53. The summed E-state index contributed by atoms with van der Waals surface area (Å²) < 4.78 is 0. The Morgan fingerprint density at radius 3 is 2.30 bits per heavy atom. The van der Waals surface area contributed by atoms with Crippen molar-refractivity contribution in [1.29, 1.82) is 0 Å². The molecule has 4 nitrogen and oxygen atoms in total. The molecule has 0 saturated carbocycles. The molecule has 7 heteroatoms. The fourth-order valence-electron chi connectivity index (χ4n) is 1.73. The highest BCUT2D eigenvalue weighted by molar-refractivity contribution is 7.09. The van der Waals surface area contributed by atoms with Gasteiger partial charge < -0.3 is 11.1 Å². The summed E-state index contributed by atoms with van der Waals surface area (Å²) in [7, 11) is 0. The van der Waals surface area contributed by atoms with E-state index in [4.69, 9.17) is 5.73 Å². The number of hydrogen-bond acceptors (Lipinski definition) is 4. The van der Waals surface area contributed by atoms with E-state index in [1.807, 2.05) is 19.2 Å². The molecule has 0 fully saturated rings. The third-order valence-corrected chi connectivity index (χ3v) is 4.52. The van der Waals surface area contributed by atoms with Gasteiger partial charge in [0.15, 0.2) is 0 Å². The van der Waals surface area contributed by atoms with Gasteiger partial charge in [-0.05, 0) is 12.8 Å². The fraction of sp³-hybridized carbons (Fsp3) is 0.692. The topological polar surface area (TPSA) is 68.0 Å². The first-order chi connectivity index (χ1) is 8.48. The summed E-state index contributed by atoms with van der Waals surface area (Å²) in [4.78, 5) is 16.5. The molecule has 1 aromatic heterocycles. The third-order valence-electron chi connectivity index (χ3n) is 3.37. The minimum Gasteiger partial charge on any atom is -0.344 e. The minimum atomic E-state index is -0.307. The van der Waals surface area contributed by atoms with Crippen molar-refractivity contribution in [3.8, 4) is 0 Å². The molecule has 0 radical (unpaired) electrons. The Balaban J connectivity index is 0. The van der Waals surface area contributed by atoms with Crippen LogP contribution in [0.2, 0.25) is 0 Å². The van der Waals surface area contributed by atoms with Crippen molar-refractivity contribution in [2.75, 3.05) is 6.54 Å². The van der Waals surface area contributed by atoms with Crippen LogP contribution >= 0.6 is 36.2 Å². The molecule has 1 heterocycles. The zero-order valence-electron chi connectivity index (χ0n) is 12.4. The zero-order chi connectivity index (χ0) is 13.8. The predicted octanol–water partition coefficient (Wildman–Crippen LogP) is 3.36. The summed E-state index contributed by atoms with van der Waals surface area (Å²) in [5.41, 5.74) is 5.97. The Hall–Kier alpha value is -0.360. The molecule has 0 spiro atoms. The molecule has 0 aliphatic carbocycles. The Morgan fingerprint density at radius 2 is 1.95 bits per heavy atom. The van der Waals surface area contributed by atoms with E-state index in [1.165, 1.54) is 11.3 Å². The standard InChI is InChI=1S/C13H23N3OS.2ClH/c1-5-13(6-2,8-14)16-11(17)10-7-18-12(15-10)9(3)4;;/h7,9H,5-6,8,14H2,1-4H3,(H,16,17);2*1H. The zero-order valence-corrected chi connectivity index (χ0v) is 14.9. The second-order valence-corrected chi connectivity index (χ2v) is 5.76. The van der Waals surface area contributed by atoms with Crippen LogP contribution in [0.1, 0.15) is 62.0 Å². The van der Waals surface area contributed by atoms with Crippen LogP contribution in [0.5, 0.6) is 0 Å². The molecule has 1 amide bonds. The summed E-state index contributed by atoms with van der Waals surface area (Å²) in [5.74, 6) is 0.237. The molecule has 0 unspecified atom stereocenters. The van der Waals surface area contributed by atoms with Crippen molar-refractivity contribution in [3.63, 3.8) is 0 Å². The Bertz CT molecular complexity index is 398. The fourth-order valence-corrected chi connectivity index (χ4v) is 2.54. The predicted molar refractivity (Wildman–Crippen MR) is 90.5 cm³/mol. The van der Waals surface area contributed by atoms with Gasteiger partial charge in [0.2, 0.25) is 0 Å². The van der Waals surface area contributed by atoms with Crippen molar-refractivity contribution in [2.24, 2.45) is 5.73 Å². The summed E-state index contributed by atoms with van der Waals surface area (Å²) in [6, 6.07) is 0. The lowest BCUT2D eigenvalue weighted by Crippen LogP contribution is -2.52. The van der Waals surface area contributed by atoms with Crippen LogP contribution in [0.3, 0.4) is 0 Å². The number of carbonyl (C=O) groups excluding carboxylic acids is 1. The van der Waals surface area contributed by atoms with Crippen LogP contribution in [-0.4, -0.2) is 23.0 Å². The molecule has 0 saturated heterocycles. The maximum atomic E-state index is 12.2. The molecule has 20 heavy (non-hydrogen) atoms. The molecular formula is C13H25Cl2N3OS. The number of hydrogen-bond donors (Lipinski definition) is 2. The van der Waals surface area contributed by atoms with E-state index in [9.17, 15) is 4.79 Å². The number of halogens is 2. The lowest BCUT2D eigenvalue weighted by atomic mass is 9.93. The van der Waals surface area contributed by atoms with Crippen molar-refractivity contribution in [3.05, 3.63) is 16.1 Å². The highest BCUT2D eigenvalue weighted by atomic mass is 35.5. The molecule has 0 aliphatic heterocycles. The number of carbonyl (C=O) groups is 1. The van der Waals surface area contributed by atoms with Gasteiger partial charge in [0.25, 0.3) is 5.91 Å². The van der Waals surface area contributed by atoms with Crippen molar-refractivity contribution < 1.29 is 4.79 Å². The normalized spacial score (nSPS) is 10.7. The van der Waals surface area contributed by atoms with Crippen LogP contribution in [0, 0.1) is 0 Å². The van der Waals surface area contributed by atoms with E-state index in [-0.39, 0.29) is 36.3 Å². The van der Waals surface area contributed by atoms with Crippen molar-refractivity contribution in [2.45, 2.75) is 52.0 Å². The van der Waals surface area contributed by atoms with E-state index in [2.05, 4.69) is 24.1 Å². The average Bonchev–Trinajstić information content (AvgIpc) is 2.86. The van der Waals surface area contributed by atoms with Gasteiger partial charge in [0.05, 0.1) is 10.5 Å². The molecule has 0 aliphatic rings. The highest BCUT2D eigenvalue weighted by Crippen LogP contribution is 2.20. The number of rotatable bonds is 6. The maximum Gasteiger partial charge on any atom is 0.271 e. The van der Waals surface area contributed by atoms with Crippen molar-refractivity contribution >= 4 is 42.1 Å². The summed E-state index contributed by atoms with van der Waals surface area (Å²) in [6.07, 6.45) is 1.65. The summed E-state index contributed by atoms with van der Waals surface area (Å²) in [5, 5.41) is 5.84. The first kappa shape index (κ1) is 21.9. The number of nitrogens with zero attached hydrogens (tertiary/aromatic N) is 1. The molecule has 1 rings (SSSR count). The quantitative estimate of drug-likeness (QED) is 0.833. The summed E-state index contributed by atoms with van der Waals surface area (Å²) in [6.45, 7) is 8.67. The second-order valence-electron chi connectivity index (χ2n) is 4.87. The molecular weight excluding hydrogens is 317 g/mol. The third kappa shape index (κ3) is 5.20. The van der Waals surface area contributed by atoms with Gasteiger partial charge in [-0.25, -0.2) is 4.98 Å². The second kappa shape index (κ2) is 9.55. The van der Waals surface area contributed by atoms with Gasteiger partial charge in [0.1, 0.15) is 5.69 Å².